The number of anilines is 1. The van der Waals surface area contributed by atoms with Crippen LogP contribution < -0.4 is 16.0 Å². The highest BCUT2D eigenvalue weighted by Crippen LogP contribution is 2.32. The van der Waals surface area contributed by atoms with E-state index in [1.807, 2.05) is 44.2 Å². The van der Waals surface area contributed by atoms with Crippen molar-refractivity contribution in [3.63, 3.8) is 0 Å². The van der Waals surface area contributed by atoms with Crippen molar-refractivity contribution >= 4 is 11.8 Å². The van der Waals surface area contributed by atoms with Crippen LogP contribution in [0.3, 0.4) is 0 Å². The molecule has 0 aliphatic carbocycles. The van der Waals surface area contributed by atoms with E-state index in [0.717, 1.165) is 22.9 Å². The number of benzene rings is 2. The summed E-state index contributed by atoms with van der Waals surface area (Å²) in [6.07, 6.45) is 4.70. The molecule has 3 heterocycles. The van der Waals surface area contributed by atoms with Crippen LogP contribution in [0.25, 0.3) is 16.9 Å². The van der Waals surface area contributed by atoms with Crippen LogP contribution in [-0.4, -0.2) is 51.6 Å². The highest BCUT2D eigenvalue weighted by molar-refractivity contribution is 5.91. The van der Waals surface area contributed by atoms with Crippen molar-refractivity contribution in [3.8, 4) is 16.9 Å². The second-order valence-corrected chi connectivity index (χ2v) is 9.83. The molecule has 1 aliphatic heterocycles. The number of nitrogens with one attached hydrogen (secondary N) is 3. The number of rotatable bonds is 8. The summed E-state index contributed by atoms with van der Waals surface area (Å²) in [6.45, 7) is 4.21. The normalized spacial score (nSPS) is 18.6. The number of ether oxygens (including phenoxy) is 1. The predicted octanol–water partition coefficient (Wildman–Crippen LogP) is 4.85. The molecule has 1 unspecified atom stereocenters. The molecular formula is C29H31F2N7O2. The minimum Gasteiger partial charge on any atom is -0.385 e. The number of nitrogens with zero attached hydrogens (tertiary/aromatic N) is 4. The van der Waals surface area contributed by atoms with Gasteiger partial charge in [0.15, 0.2) is 11.6 Å². The molecule has 3 N–H and O–H groups in total. The molecule has 11 heteroatoms. The van der Waals surface area contributed by atoms with Gasteiger partial charge >= 0.3 is 6.03 Å². The SMILES string of the molecule is COCCC1C[C@@H](NC(=O)Nc2c(C)c(-c3cnc(C)nc3)nn2-c2ccccc2)[C@H](c2ccc(F)c(F)c2)N1. The number of methoxy groups -OCH3 is 1. The van der Waals surface area contributed by atoms with Gasteiger partial charge in [-0.15, -0.1) is 0 Å². The number of urea groups is 1. The van der Waals surface area contributed by atoms with Crippen LogP contribution in [0, 0.1) is 25.5 Å². The molecular weight excluding hydrogens is 516 g/mol. The van der Waals surface area contributed by atoms with E-state index in [-0.39, 0.29) is 12.1 Å². The monoisotopic (exact) mass is 547 g/mol. The third-order valence-corrected chi connectivity index (χ3v) is 7.06. The molecule has 0 bridgehead atoms. The van der Waals surface area contributed by atoms with Gasteiger partial charge in [0.1, 0.15) is 17.3 Å². The number of aromatic nitrogens is 4. The molecule has 1 fully saturated rings. The van der Waals surface area contributed by atoms with Crippen LogP contribution in [0.15, 0.2) is 60.9 Å². The van der Waals surface area contributed by atoms with E-state index >= 15 is 0 Å². The largest absolute Gasteiger partial charge is 0.385 e. The number of carbonyl (C=O) groups is 1. The van der Waals surface area contributed by atoms with Crippen molar-refractivity contribution in [2.75, 3.05) is 19.0 Å². The van der Waals surface area contributed by atoms with Gasteiger partial charge in [-0.05, 0) is 56.5 Å². The quantitative estimate of drug-likeness (QED) is 0.291. The maximum Gasteiger partial charge on any atom is 0.320 e. The number of carbonyl (C=O) groups excluding carboxylic acids is 1. The highest BCUT2D eigenvalue weighted by atomic mass is 19.2. The molecule has 2 aromatic carbocycles. The number of halogens is 2. The molecule has 2 amide bonds. The van der Waals surface area contributed by atoms with Crippen molar-refractivity contribution < 1.29 is 18.3 Å². The summed E-state index contributed by atoms with van der Waals surface area (Å²) >= 11 is 0. The summed E-state index contributed by atoms with van der Waals surface area (Å²) in [5.74, 6) is -0.714. The van der Waals surface area contributed by atoms with Crippen LogP contribution >= 0.6 is 0 Å². The fraction of sp³-hybridized carbons (Fsp3) is 0.310. The van der Waals surface area contributed by atoms with Crippen LogP contribution in [0.5, 0.6) is 0 Å². The second-order valence-electron chi connectivity index (χ2n) is 9.83. The average Bonchev–Trinajstić information content (AvgIpc) is 3.50. The molecule has 0 saturated carbocycles. The van der Waals surface area contributed by atoms with Gasteiger partial charge in [-0.2, -0.15) is 5.10 Å². The predicted molar refractivity (Wildman–Crippen MR) is 147 cm³/mol. The lowest BCUT2D eigenvalue weighted by Crippen LogP contribution is -2.41. The highest BCUT2D eigenvalue weighted by Gasteiger charge is 2.36. The van der Waals surface area contributed by atoms with Crippen LogP contribution in [0.4, 0.5) is 19.4 Å². The first-order chi connectivity index (χ1) is 19.3. The van der Waals surface area contributed by atoms with Gasteiger partial charge in [-0.25, -0.2) is 28.2 Å². The van der Waals surface area contributed by atoms with E-state index < -0.39 is 23.7 Å². The van der Waals surface area contributed by atoms with Crippen molar-refractivity contribution in [2.24, 2.45) is 0 Å². The maximum absolute atomic E-state index is 14.1. The third-order valence-electron chi connectivity index (χ3n) is 7.06. The lowest BCUT2D eigenvalue weighted by atomic mass is 9.99. The molecule has 5 rings (SSSR count). The van der Waals surface area contributed by atoms with Gasteiger partial charge in [0, 0.05) is 43.3 Å². The molecule has 4 aromatic rings. The van der Waals surface area contributed by atoms with Gasteiger partial charge in [0.2, 0.25) is 0 Å². The molecule has 3 atom stereocenters. The Balaban J connectivity index is 1.42. The summed E-state index contributed by atoms with van der Waals surface area (Å²) in [5.41, 5.74) is 3.42. The van der Waals surface area contributed by atoms with E-state index in [2.05, 4.69) is 25.9 Å². The Labute approximate surface area is 231 Å². The number of aryl methyl sites for hydroxylation is 1. The summed E-state index contributed by atoms with van der Waals surface area (Å²) in [5, 5.41) is 14.2. The van der Waals surface area contributed by atoms with Crippen molar-refractivity contribution in [1.82, 2.24) is 30.4 Å². The minimum atomic E-state index is -0.933. The van der Waals surface area contributed by atoms with Gasteiger partial charge in [0.25, 0.3) is 0 Å². The first-order valence-corrected chi connectivity index (χ1v) is 13.1. The molecule has 0 spiro atoms. The van der Waals surface area contributed by atoms with Crippen molar-refractivity contribution in [1.29, 1.82) is 0 Å². The molecule has 208 valence electrons. The van der Waals surface area contributed by atoms with E-state index in [1.54, 1.807) is 24.2 Å². The number of amides is 2. The van der Waals surface area contributed by atoms with Gasteiger partial charge in [0.05, 0.1) is 17.8 Å². The van der Waals surface area contributed by atoms with E-state index in [1.165, 1.54) is 12.1 Å². The fourth-order valence-corrected chi connectivity index (χ4v) is 5.02. The Hall–Kier alpha value is -4.22. The number of hydrogen-bond acceptors (Lipinski definition) is 6. The van der Waals surface area contributed by atoms with Crippen molar-refractivity contribution in [2.45, 2.75) is 44.8 Å². The number of hydrogen-bond donors (Lipinski definition) is 3. The molecule has 0 radical (unpaired) electrons. The zero-order valence-electron chi connectivity index (χ0n) is 22.5. The van der Waals surface area contributed by atoms with Crippen LogP contribution in [0.2, 0.25) is 0 Å². The van der Waals surface area contributed by atoms with Crippen molar-refractivity contribution in [3.05, 3.63) is 89.5 Å². The van der Waals surface area contributed by atoms with E-state index in [4.69, 9.17) is 9.84 Å². The van der Waals surface area contributed by atoms with E-state index in [0.29, 0.717) is 42.3 Å². The first kappa shape index (κ1) is 27.4. The zero-order valence-corrected chi connectivity index (χ0v) is 22.5. The Kier molecular flexibility index (Phi) is 8.13. The summed E-state index contributed by atoms with van der Waals surface area (Å²) < 4.78 is 34.6. The summed E-state index contributed by atoms with van der Waals surface area (Å²) in [4.78, 5) is 22.0. The number of para-hydroxylation sites is 1. The molecule has 1 saturated heterocycles. The molecule has 40 heavy (non-hydrogen) atoms. The van der Waals surface area contributed by atoms with Crippen LogP contribution in [0.1, 0.15) is 35.8 Å². The smallest absolute Gasteiger partial charge is 0.320 e. The fourth-order valence-electron chi connectivity index (χ4n) is 5.02. The van der Waals surface area contributed by atoms with Gasteiger partial charge in [-0.1, -0.05) is 24.3 Å². The Morgan fingerprint density at radius 3 is 2.55 bits per heavy atom. The summed E-state index contributed by atoms with van der Waals surface area (Å²) in [6, 6.07) is 12.1. The first-order valence-electron chi connectivity index (χ1n) is 13.1. The van der Waals surface area contributed by atoms with E-state index in [9.17, 15) is 13.6 Å². The summed E-state index contributed by atoms with van der Waals surface area (Å²) in [7, 11) is 1.63. The lowest BCUT2D eigenvalue weighted by molar-refractivity contribution is 0.184. The minimum absolute atomic E-state index is 0.0214. The lowest BCUT2D eigenvalue weighted by Gasteiger charge is -2.22. The Morgan fingerprint density at radius 2 is 1.85 bits per heavy atom. The van der Waals surface area contributed by atoms with Crippen LogP contribution in [-0.2, 0) is 4.74 Å². The van der Waals surface area contributed by atoms with Gasteiger partial charge < -0.3 is 15.4 Å². The average molecular weight is 548 g/mol. The standard InChI is InChI=1S/C29H31F2N7O2/c1-17-26(20-15-32-18(2)33-16-20)37-38(22-7-5-4-6-8-22)28(17)36-29(39)35-25-14-21(11-12-40-3)34-27(25)19-9-10-23(30)24(31)13-19/h4-10,13,15-16,21,25,27,34H,11-12,14H2,1-3H3,(H2,35,36,39)/t21?,25-,27+/m1/s1. The zero-order chi connectivity index (χ0) is 28.2. The topological polar surface area (TPSA) is 106 Å². The molecule has 1 aliphatic rings. The van der Waals surface area contributed by atoms with Gasteiger partial charge in [-0.3, -0.25) is 5.32 Å². The maximum atomic E-state index is 14.1. The Bertz CT molecular complexity index is 1480. The molecule has 2 aromatic heterocycles. The second kappa shape index (κ2) is 11.9. The third kappa shape index (κ3) is 5.85. The molecule has 9 nitrogen and oxygen atoms in total. The Morgan fingerprint density at radius 1 is 1.10 bits per heavy atom.